The second-order valence-electron chi connectivity index (χ2n) is 5.14. The average molecular weight is 235 g/mol. The highest BCUT2D eigenvalue weighted by atomic mass is 15.1. The lowest BCUT2D eigenvalue weighted by Crippen LogP contribution is -2.20. The summed E-state index contributed by atoms with van der Waals surface area (Å²) in [4.78, 5) is 4.18. The van der Waals surface area contributed by atoms with Gasteiger partial charge in [-0.2, -0.15) is 0 Å². The maximum absolute atomic E-state index is 4.18. The van der Waals surface area contributed by atoms with Crippen LogP contribution < -0.4 is 5.32 Å². The van der Waals surface area contributed by atoms with E-state index in [0.29, 0.717) is 0 Å². The summed E-state index contributed by atoms with van der Waals surface area (Å²) in [5, 5.41) is 3.55. The van der Waals surface area contributed by atoms with Gasteiger partial charge in [-0.25, -0.2) is 4.98 Å². The summed E-state index contributed by atoms with van der Waals surface area (Å²) in [6.45, 7) is 5.28. The Hall–Kier alpha value is -0.830. The van der Waals surface area contributed by atoms with Gasteiger partial charge in [0.25, 0.3) is 0 Å². The van der Waals surface area contributed by atoms with Crippen LogP contribution in [0.25, 0.3) is 0 Å². The minimum absolute atomic E-state index is 0.959. The molecule has 3 heteroatoms. The van der Waals surface area contributed by atoms with Gasteiger partial charge < -0.3 is 9.88 Å². The minimum Gasteiger partial charge on any atom is -0.334 e. The molecule has 1 heterocycles. The van der Waals surface area contributed by atoms with Gasteiger partial charge in [-0.3, -0.25) is 0 Å². The Bertz CT molecular complexity index is 313. The van der Waals surface area contributed by atoms with Crippen LogP contribution in [0.5, 0.6) is 0 Å². The predicted octanol–water partition coefficient (Wildman–Crippen LogP) is 2.96. The van der Waals surface area contributed by atoms with Gasteiger partial charge in [0, 0.05) is 19.3 Å². The zero-order valence-corrected chi connectivity index (χ0v) is 11.0. The Kier molecular flexibility index (Phi) is 5.05. The van der Waals surface area contributed by atoms with Gasteiger partial charge in [0.1, 0.15) is 0 Å². The quantitative estimate of drug-likeness (QED) is 0.768. The summed E-state index contributed by atoms with van der Waals surface area (Å²) in [5.74, 6) is 0.979. The zero-order chi connectivity index (χ0) is 11.9. The van der Waals surface area contributed by atoms with E-state index >= 15 is 0 Å². The molecular weight excluding hydrogens is 210 g/mol. The van der Waals surface area contributed by atoms with Gasteiger partial charge in [-0.05, 0) is 25.8 Å². The van der Waals surface area contributed by atoms with Crippen molar-refractivity contribution < 1.29 is 0 Å². The number of nitrogens with zero attached hydrogens (tertiary/aromatic N) is 2. The lowest BCUT2D eigenvalue weighted by Gasteiger charge is -2.21. The second kappa shape index (κ2) is 6.80. The van der Waals surface area contributed by atoms with Crippen LogP contribution in [0.1, 0.15) is 51.1 Å². The summed E-state index contributed by atoms with van der Waals surface area (Å²) in [7, 11) is 0. The molecule has 1 aromatic rings. The smallest absolute Gasteiger partial charge is 0.0948 e. The number of hydrogen-bond donors (Lipinski definition) is 1. The van der Waals surface area contributed by atoms with Gasteiger partial charge in [0.05, 0.1) is 12.0 Å². The van der Waals surface area contributed by atoms with Crippen molar-refractivity contribution in [1.82, 2.24) is 14.9 Å². The van der Waals surface area contributed by atoms with Crippen molar-refractivity contribution in [3.8, 4) is 0 Å². The minimum atomic E-state index is 0.959. The number of nitrogens with one attached hydrogen (secondary N) is 1. The van der Waals surface area contributed by atoms with Gasteiger partial charge >= 0.3 is 0 Å². The number of aromatic nitrogens is 2. The maximum atomic E-state index is 4.18. The molecule has 0 saturated heterocycles. The van der Waals surface area contributed by atoms with Crippen molar-refractivity contribution in [1.29, 1.82) is 0 Å². The molecule has 3 nitrogen and oxygen atoms in total. The van der Waals surface area contributed by atoms with E-state index in [0.717, 1.165) is 25.6 Å². The molecular formula is C14H25N3. The van der Waals surface area contributed by atoms with Crippen LogP contribution in [0.15, 0.2) is 12.5 Å². The third-order valence-corrected chi connectivity index (χ3v) is 3.90. The third kappa shape index (κ3) is 3.84. The zero-order valence-electron chi connectivity index (χ0n) is 11.0. The van der Waals surface area contributed by atoms with Crippen LogP contribution in [0.4, 0.5) is 0 Å². The monoisotopic (exact) mass is 235 g/mol. The van der Waals surface area contributed by atoms with Crippen LogP contribution >= 0.6 is 0 Å². The fourth-order valence-electron chi connectivity index (χ4n) is 2.78. The van der Waals surface area contributed by atoms with E-state index in [9.17, 15) is 0 Å². The second-order valence-corrected chi connectivity index (χ2v) is 5.14. The Labute approximate surface area is 105 Å². The largest absolute Gasteiger partial charge is 0.334 e. The normalized spacial score (nSPS) is 17.5. The molecule has 1 aromatic heterocycles. The first kappa shape index (κ1) is 12.6. The van der Waals surface area contributed by atoms with Crippen molar-refractivity contribution in [2.75, 3.05) is 6.54 Å². The van der Waals surface area contributed by atoms with E-state index in [-0.39, 0.29) is 0 Å². The number of hydrogen-bond acceptors (Lipinski definition) is 2. The van der Waals surface area contributed by atoms with Crippen molar-refractivity contribution in [2.45, 2.75) is 58.5 Å². The van der Waals surface area contributed by atoms with Crippen LogP contribution in [-0.2, 0) is 13.1 Å². The van der Waals surface area contributed by atoms with E-state index < -0.39 is 0 Å². The molecule has 1 N–H and O–H groups in total. The van der Waals surface area contributed by atoms with Crippen molar-refractivity contribution in [3.05, 3.63) is 18.2 Å². The Morgan fingerprint density at radius 1 is 1.35 bits per heavy atom. The topological polar surface area (TPSA) is 29.9 Å². The molecule has 1 saturated carbocycles. The van der Waals surface area contributed by atoms with Crippen LogP contribution in [0.3, 0.4) is 0 Å². The first-order valence-corrected chi connectivity index (χ1v) is 7.10. The van der Waals surface area contributed by atoms with Gasteiger partial charge in [-0.15, -0.1) is 0 Å². The van der Waals surface area contributed by atoms with Gasteiger partial charge in [0.2, 0.25) is 0 Å². The van der Waals surface area contributed by atoms with Crippen LogP contribution in [0.2, 0.25) is 0 Å². The van der Waals surface area contributed by atoms with Crippen molar-refractivity contribution in [2.24, 2.45) is 5.92 Å². The molecule has 0 aromatic carbocycles. The Morgan fingerprint density at radius 3 is 2.94 bits per heavy atom. The molecule has 1 fully saturated rings. The number of aryl methyl sites for hydroxylation is 1. The molecule has 17 heavy (non-hydrogen) atoms. The molecule has 0 amide bonds. The standard InChI is InChI=1S/C14H25N3/c1-2-17-12-16-11-14(17)10-15-9-8-13-6-4-3-5-7-13/h11-13,15H,2-10H2,1H3. The molecule has 0 spiro atoms. The fourth-order valence-corrected chi connectivity index (χ4v) is 2.78. The predicted molar refractivity (Wildman–Crippen MR) is 70.8 cm³/mol. The molecule has 0 bridgehead atoms. The van der Waals surface area contributed by atoms with E-state index in [1.165, 1.54) is 44.2 Å². The summed E-state index contributed by atoms with van der Waals surface area (Å²) < 4.78 is 2.20. The molecule has 96 valence electrons. The maximum Gasteiger partial charge on any atom is 0.0948 e. The molecule has 1 aliphatic rings. The van der Waals surface area contributed by atoms with Crippen LogP contribution in [-0.4, -0.2) is 16.1 Å². The fraction of sp³-hybridized carbons (Fsp3) is 0.786. The van der Waals surface area contributed by atoms with E-state index in [4.69, 9.17) is 0 Å². The molecule has 0 atom stereocenters. The highest BCUT2D eigenvalue weighted by Gasteiger charge is 2.12. The van der Waals surface area contributed by atoms with Crippen molar-refractivity contribution >= 4 is 0 Å². The van der Waals surface area contributed by atoms with Crippen molar-refractivity contribution in [3.63, 3.8) is 0 Å². The molecule has 0 unspecified atom stereocenters. The molecule has 0 radical (unpaired) electrons. The molecule has 1 aliphatic carbocycles. The average Bonchev–Trinajstić information content (AvgIpc) is 2.83. The van der Waals surface area contributed by atoms with Gasteiger partial charge in [0.15, 0.2) is 0 Å². The van der Waals surface area contributed by atoms with E-state index in [1.807, 2.05) is 12.5 Å². The molecule has 0 aliphatic heterocycles. The lowest BCUT2D eigenvalue weighted by atomic mass is 9.87. The van der Waals surface area contributed by atoms with Crippen LogP contribution in [0, 0.1) is 5.92 Å². The third-order valence-electron chi connectivity index (χ3n) is 3.90. The summed E-state index contributed by atoms with van der Waals surface area (Å²) in [5.41, 5.74) is 1.30. The van der Waals surface area contributed by atoms with E-state index in [2.05, 4.69) is 21.8 Å². The highest BCUT2D eigenvalue weighted by Crippen LogP contribution is 2.25. The Balaban J connectivity index is 1.62. The van der Waals surface area contributed by atoms with E-state index in [1.54, 1.807) is 0 Å². The highest BCUT2D eigenvalue weighted by molar-refractivity contribution is 4.97. The first-order valence-electron chi connectivity index (χ1n) is 7.10. The molecule has 2 rings (SSSR count). The number of rotatable bonds is 6. The number of imidazole rings is 1. The SMILES string of the molecule is CCn1cncc1CNCCC1CCCCC1. The lowest BCUT2D eigenvalue weighted by molar-refractivity contribution is 0.333. The Morgan fingerprint density at radius 2 is 2.18 bits per heavy atom. The first-order chi connectivity index (χ1) is 8.40. The summed E-state index contributed by atoms with van der Waals surface area (Å²) in [6, 6.07) is 0. The summed E-state index contributed by atoms with van der Waals surface area (Å²) in [6.07, 6.45) is 12.5. The van der Waals surface area contributed by atoms with Gasteiger partial charge in [-0.1, -0.05) is 32.1 Å². The summed E-state index contributed by atoms with van der Waals surface area (Å²) >= 11 is 0.